The van der Waals surface area contributed by atoms with Crippen molar-refractivity contribution >= 4 is 27.5 Å². The Bertz CT molecular complexity index is 409. The van der Waals surface area contributed by atoms with E-state index in [9.17, 15) is 0 Å². The van der Waals surface area contributed by atoms with Crippen LogP contribution in [0.15, 0.2) is 22.7 Å². The van der Waals surface area contributed by atoms with Gasteiger partial charge in [0.1, 0.15) is 5.84 Å². The fourth-order valence-corrected chi connectivity index (χ4v) is 2.13. The highest BCUT2D eigenvalue weighted by Crippen LogP contribution is 2.24. The minimum atomic E-state index is 0.0658. The first-order chi connectivity index (χ1) is 7.97. The van der Waals surface area contributed by atoms with Crippen LogP contribution in [0.4, 0.5) is 5.69 Å². The average Bonchev–Trinajstić information content (AvgIpc) is 2.27. The summed E-state index contributed by atoms with van der Waals surface area (Å²) in [7, 11) is 3.71. The summed E-state index contributed by atoms with van der Waals surface area (Å²) in [6.45, 7) is 2.76. The predicted octanol–water partition coefficient (Wildman–Crippen LogP) is 2.20. The number of ether oxygens (including phenoxy) is 1. The van der Waals surface area contributed by atoms with E-state index in [0.717, 1.165) is 10.2 Å². The second-order valence-electron chi connectivity index (χ2n) is 3.99. The third-order valence-corrected chi connectivity index (χ3v) is 3.38. The first-order valence-electron chi connectivity index (χ1n) is 5.33. The Morgan fingerprint density at radius 1 is 1.59 bits per heavy atom. The molecule has 0 amide bonds. The van der Waals surface area contributed by atoms with E-state index in [4.69, 9.17) is 15.9 Å². The highest BCUT2D eigenvalue weighted by atomic mass is 79.9. The minimum absolute atomic E-state index is 0.0658. The lowest BCUT2D eigenvalue weighted by Gasteiger charge is -2.26. The number of hydrogen-bond donors (Lipinski definition) is 2. The third-order valence-electron chi connectivity index (χ3n) is 2.72. The molecule has 1 rings (SSSR count). The molecular formula is C12H18BrN3O. The molecule has 0 saturated heterocycles. The Balaban J connectivity index is 2.93. The summed E-state index contributed by atoms with van der Waals surface area (Å²) < 4.78 is 5.96. The molecule has 0 saturated carbocycles. The number of nitrogens with zero attached hydrogens (tertiary/aromatic N) is 1. The Labute approximate surface area is 110 Å². The molecule has 0 aliphatic carbocycles. The van der Waals surface area contributed by atoms with Gasteiger partial charge in [-0.2, -0.15) is 0 Å². The Morgan fingerprint density at radius 3 is 2.71 bits per heavy atom. The standard InChI is InChI=1S/C12H18BrN3O/c1-8(7-17-3)16(2)9-4-5-10(12(14)15)11(13)6-9/h4-6,8H,7H2,1-3H3,(H3,14,15). The number of hydrogen-bond acceptors (Lipinski definition) is 3. The van der Waals surface area contributed by atoms with E-state index in [-0.39, 0.29) is 11.9 Å². The maximum absolute atomic E-state index is 7.42. The lowest BCUT2D eigenvalue weighted by Crippen LogP contribution is -2.32. The normalized spacial score (nSPS) is 12.2. The van der Waals surface area contributed by atoms with Gasteiger partial charge in [0.2, 0.25) is 0 Å². The molecular weight excluding hydrogens is 282 g/mol. The molecule has 0 fully saturated rings. The number of halogens is 1. The molecule has 0 heterocycles. The van der Waals surface area contributed by atoms with Crippen molar-refractivity contribution in [2.24, 2.45) is 5.73 Å². The molecule has 0 aliphatic rings. The quantitative estimate of drug-likeness (QED) is 0.647. The van der Waals surface area contributed by atoms with Gasteiger partial charge in [-0.1, -0.05) is 0 Å². The van der Waals surface area contributed by atoms with Crippen molar-refractivity contribution in [1.29, 1.82) is 5.41 Å². The summed E-state index contributed by atoms with van der Waals surface area (Å²) >= 11 is 3.43. The van der Waals surface area contributed by atoms with Gasteiger partial charge >= 0.3 is 0 Å². The molecule has 0 spiro atoms. The number of anilines is 1. The second kappa shape index (κ2) is 6.02. The predicted molar refractivity (Wildman–Crippen MR) is 74.9 cm³/mol. The maximum Gasteiger partial charge on any atom is 0.123 e. The molecule has 94 valence electrons. The van der Waals surface area contributed by atoms with Gasteiger partial charge in [0.05, 0.1) is 6.61 Å². The monoisotopic (exact) mass is 299 g/mol. The van der Waals surface area contributed by atoms with Crippen molar-refractivity contribution in [3.63, 3.8) is 0 Å². The molecule has 1 atom stereocenters. The molecule has 0 bridgehead atoms. The van der Waals surface area contributed by atoms with Crippen molar-refractivity contribution < 1.29 is 4.74 Å². The number of likely N-dealkylation sites (N-methyl/N-ethyl adjacent to an activating group) is 1. The first-order valence-corrected chi connectivity index (χ1v) is 6.12. The van der Waals surface area contributed by atoms with Gasteiger partial charge in [-0.3, -0.25) is 5.41 Å². The lowest BCUT2D eigenvalue weighted by molar-refractivity contribution is 0.183. The van der Waals surface area contributed by atoms with Crippen molar-refractivity contribution in [2.75, 3.05) is 25.7 Å². The number of amidine groups is 1. The van der Waals surface area contributed by atoms with Crippen molar-refractivity contribution in [3.05, 3.63) is 28.2 Å². The van der Waals surface area contributed by atoms with Crippen LogP contribution in [0.25, 0.3) is 0 Å². The van der Waals surface area contributed by atoms with E-state index in [1.54, 1.807) is 7.11 Å². The van der Waals surface area contributed by atoms with Crippen molar-refractivity contribution in [2.45, 2.75) is 13.0 Å². The van der Waals surface area contributed by atoms with E-state index in [1.165, 1.54) is 0 Å². The zero-order chi connectivity index (χ0) is 13.0. The SMILES string of the molecule is COCC(C)N(C)c1ccc(C(=N)N)c(Br)c1. The lowest BCUT2D eigenvalue weighted by atomic mass is 10.1. The number of benzene rings is 1. The summed E-state index contributed by atoms with van der Waals surface area (Å²) in [4.78, 5) is 2.12. The summed E-state index contributed by atoms with van der Waals surface area (Å²) in [6.07, 6.45) is 0. The van der Waals surface area contributed by atoms with Crippen molar-refractivity contribution in [1.82, 2.24) is 0 Å². The summed E-state index contributed by atoms with van der Waals surface area (Å²) in [5.41, 5.74) is 7.24. The summed E-state index contributed by atoms with van der Waals surface area (Å²) in [5, 5.41) is 7.42. The van der Waals surface area contributed by atoms with Crippen LogP contribution >= 0.6 is 15.9 Å². The van der Waals surface area contributed by atoms with Gasteiger partial charge in [-0.15, -0.1) is 0 Å². The number of rotatable bonds is 5. The number of nitrogen functional groups attached to an aromatic ring is 1. The van der Waals surface area contributed by atoms with E-state index in [1.807, 2.05) is 25.2 Å². The van der Waals surface area contributed by atoms with Crippen LogP contribution < -0.4 is 10.6 Å². The van der Waals surface area contributed by atoms with Crippen molar-refractivity contribution in [3.8, 4) is 0 Å². The second-order valence-corrected chi connectivity index (χ2v) is 4.85. The van der Waals surface area contributed by atoms with Crippen LogP contribution in [0.2, 0.25) is 0 Å². The van der Waals surface area contributed by atoms with Gasteiger partial charge < -0.3 is 15.4 Å². The topological polar surface area (TPSA) is 62.3 Å². The van der Waals surface area contributed by atoms with Crippen LogP contribution in [0.1, 0.15) is 12.5 Å². The van der Waals surface area contributed by atoms with E-state index >= 15 is 0 Å². The Kier molecular flexibility index (Phi) is 4.96. The number of nitrogens with one attached hydrogen (secondary N) is 1. The zero-order valence-electron chi connectivity index (χ0n) is 10.3. The molecule has 1 aromatic rings. The van der Waals surface area contributed by atoms with E-state index < -0.39 is 0 Å². The summed E-state index contributed by atoms with van der Waals surface area (Å²) in [5.74, 6) is 0.0658. The summed E-state index contributed by atoms with van der Waals surface area (Å²) in [6, 6.07) is 6.05. The average molecular weight is 300 g/mol. The maximum atomic E-state index is 7.42. The Hall–Kier alpha value is -1.07. The fraction of sp³-hybridized carbons (Fsp3) is 0.417. The molecule has 0 radical (unpaired) electrons. The van der Waals surface area contributed by atoms with Crippen LogP contribution in [-0.2, 0) is 4.74 Å². The molecule has 3 N–H and O–H groups in total. The van der Waals surface area contributed by atoms with Gasteiger partial charge in [0.25, 0.3) is 0 Å². The molecule has 0 aromatic heterocycles. The van der Waals surface area contributed by atoms with Crippen LogP contribution in [0.3, 0.4) is 0 Å². The van der Waals surface area contributed by atoms with Gasteiger partial charge in [-0.05, 0) is 41.1 Å². The van der Waals surface area contributed by atoms with E-state index in [2.05, 4.69) is 27.8 Å². The number of nitrogens with two attached hydrogens (primary N) is 1. The van der Waals surface area contributed by atoms with Gasteiger partial charge in [-0.25, -0.2) is 0 Å². The van der Waals surface area contributed by atoms with Gasteiger partial charge in [0.15, 0.2) is 0 Å². The van der Waals surface area contributed by atoms with E-state index in [0.29, 0.717) is 12.2 Å². The largest absolute Gasteiger partial charge is 0.384 e. The van der Waals surface area contributed by atoms with Crippen LogP contribution in [-0.4, -0.2) is 32.6 Å². The third kappa shape index (κ3) is 3.44. The smallest absolute Gasteiger partial charge is 0.123 e. The van der Waals surface area contributed by atoms with Crippen LogP contribution in [0, 0.1) is 5.41 Å². The van der Waals surface area contributed by atoms with Gasteiger partial charge in [0, 0.05) is 35.9 Å². The molecule has 17 heavy (non-hydrogen) atoms. The highest BCUT2D eigenvalue weighted by molar-refractivity contribution is 9.10. The van der Waals surface area contributed by atoms with Crippen LogP contribution in [0.5, 0.6) is 0 Å². The Morgan fingerprint density at radius 2 is 2.24 bits per heavy atom. The minimum Gasteiger partial charge on any atom is -0.384 e. The first kappa shape index (κ1) is 14.0. The molecule has 0 aliphatic heterocycles. The zero-order valence-corrected chi connectivity index (χ0v) is 11.9. The fourth-order valence-electron chi connectivity index (χ4n) is 1.55. The highest BCUT2D eigenvalue weighted by Gasteiger charge is 2.11. The molecule has 5 heteroatoms. The molecule has 4 nitrogen and oxygen atoms in total. The molecule has 1 unspecified atom stereocenters. The number of methoxy groups -OCH3 is 1. The molecule has 1 aromatic carbocycles.